The maximum absolute atomic E-state index is 13.0. The first-order valence-electron chi connectivity index (χ1n) is 6.61. The van der Waals surface area contributed by atoms with E-state index in [1.807, 2.05) is 0 Å². The van der Waals surface area contributed by atoms with Crippen molar-refractivity contribution in [3.05, 3.63) is 30.1 Å². The molecule has 112 valence electrons. The molecule has 1 aliphatic rings. The number of nitrogens with one attached hydrogen (secondary N) is 1. The van der Waals surface area contributed by atoms with Gasteiger partial charge in [-0.1, -0.05) is 6.07 Å². The molecule has 1 aromatic rings. The molecule has 1 heterocycles. The number of carbonyl (C=O) groups is 3. The highest BCUT2D eigenvalue weighted by Gasteiger charge is 2.22. The monoisotopic (exact) mass is 293 g/mol. The van der Waals surface area contributed by atoms with Crippen LogP contribution in [-0.4, -0.2) is 54.2 Å². The standard InChI is InChI=1S/C14H16FN3O3/c15-11-2-1-3-12(8-11)16-13(20)9-14(21)18-6-4-17(10-19)5-7-18/h1-3,8,10H,4-7,9H2,(H,16,20). The van der Waals surface area contributed by atoms with E-state index in [0.717, 1.165) is 6.41 Å². The van der Waals surface area contributed by atoms with Crippen molar-refractivity contribution in [3.8, 4) is 0 Å². The highest BCUT2D eigenvalue weighted by atomic mass is 19.1. The Hall–Kier alpha value is -2.44. The van der Waals surface area contributed by atoms with Gasteiger partial charge >= 0.3 is 0 Å². The van der Waals surface area contributed by atoms with Gasteiger partial charge in [0.2, 0.25) is 18.2 Å². The number of anilines is 1. The molecule has 3 amide bonds. The van der Waals surface area contributed by atoms with Crippen molar-refractivity contribution >= 4 is 23.9 Å². The van der Waals surface area contributed by atoms with E-state index in [1.54, 1.807) is 15.9 Å². The van der Waals surface area contributed by atoms with Crippen molar-refractivity contribution in [2.45, 2.75) is 6.42 Å². The van der Waals surface area contributed by atoms with Crippen LogP contribution in [0, 0.1) is 5.82 Å². The zero-order valence-corrected chi connectivity index (χ0v) is 11.4. The van der Waals surface area contributed by atoms with Crippen LogP contribution >= 0.6 is 0 Å². The summed E-state index contributed by atoms with van der Waals surface area (Å²) >= 11 is 0. The number of hydrogen-bond acceptors (Lipinski definition) is 3. The summed E-state index contributed by atoms with van der Waals surface area (Å²) in [5, 5.41) is 2.48. The lowest BCUT2D eigenvalue weighted by Gasteiger charge is -2.32. The van der Waals surface area contributed by atoms with Gasteiger partial charge in [0.1, 0.15) is 12.2 Å². The predicted molar refractivity (Wildman–Crippen MR) is 73.9 cm³/mol. The third-order valence-electron chi connectivity index (χ3n) is 3.24. The molecule has 0 aliphatic carbocycles. The van der Waals surface area contributed by atoms with Gasteiger partial charge < -0.3 is 15.1 Å². The maximum Gasteiger partial charge on any atom is 0.233 e. The molecule has 0 spiro atoms. The molecule has 0 atom stereocenters. The second-order valence-corrected chi connectivity index (χ2v) is 4.76. The number of benzene rings is 1. The van der Waals surface area contributed by atoms with Gasteiger partial charge in [0.15, 0.2) is 0 Å². The third kappa shape index (κ3) is 4.27. The Morgan fingerprint density at radius 2 is 1.95 bits per heavy atom. The Kier molecular flexibility index (Phi) is 4.86. The quantitative estimate of drug-likeness (QED) is 0.647. The summed E-state index contributed by atoms with van der Waals surface area (Å²) in [6.07, 6.45) is 0.454. The van der Waals surface area contributed by atoms with E-state index in [4.69, 9.17) is 0 Å². The van der Waals surface area contributed by atoms with Crippen molar-refractivity contribution in [2.75, 3.05) is 31.5 Å². The summed E-state index contributed by atoms with van der Waals surface area (Å²) < 4.78 is 13.0. The lowest BCUT2D eigenvalue weighted by molar-refractivity contribution is -0.137. The van der Waals surface area contributed by atoms with E-state index in [9.17, 15) is 18.8 Å². The van der Waals surface area contributed by atoms with Gasteiger partial charge in [-0.15, -0.1) is 0 Å². The minimum absolute atomic E-state index is 0.294. The average molecular weight is 293 g/mol. The van der Waals surface area contributed by atoms with E-state index in [-0.39, 0.29) is 12.3 Å². The molecule has 1 fully saturated rings. The SMILES string of the molecule is O=CN1CCN(C(=O)CC(=O)Nc2cccc(F)c2)CC1. The number of piperazine rings is 1. The Bertz CT molecular complexity index is 542. The van der Waals surface area contributed by atoms with Crippen molar-refractivity contribution in [3.63, 3.8) is 0 Å². The summed E-state index contributed by atoms with van der Waals surface area (Å²) in [5.41, 5.74) is 0.318. The fraction of sp³-hybridized carbons (Fsp3) is 0.357. The van der Waals surface area contributed by atoms with Crippen LogP contribution in [0.25, 0.3) is 0 Å². The van der Waals surface area contributed by atoms with Crippen LogP contribution in [0.2, 0.25) is 0 Å². The Morgan fingerprint density at radius 1 is 1.24 bits per heavy atom. The topological polar surface area (TPSA) is 69.7 Å². The van der Waals surface area contributed by atoms with E-state index in [1.165, 1.54) is 18.2 Å². The molecule has 2 rings (SSSR count). The van der Waals surface area contributed by atoms with Gasteiger partial charge in [-0.05, 0) is 18.2 Å². The smallest absolute Gasteiger partial charge is 0.233 e. The molecular weight excluding hydrogens is 277 g/mol. The number of amides is 3. The minimum Gasteiger partial charge on any atom is -0.342 e. The second-order valence-electron chi connectivity index (χ2n) is 4.76. The van der Waals surface area contributed by atoms with Gasteiger partial charge in [0.25, 0.3) is 0 Å². The summed E-state index contributed by atoms with van der Waals surface area (Å²) in [7, 11) is 0. The highest BCUT2D eigenvalue weighted by Crippen LogP contribution is 2.10. The van der Waals surface area contributed by atoms with Crippen LogP contribution in [0.5, 0.6) is 0 Å². The number of rotatable bonds is 4. The fourth-order valence-electron chi connectivity index (χ4n) is 2.10. The van der Waals surface area contributed by atoms with Crippen LogP contribution in [0.1, 0.15) is 6.42 Å². The van der Waals surface area contributed by atoms with Crippen molar-refractivity contribution < 1.29 is 18.8 Å². The molecule has 0 unspecified atom stereocenters. The molecule has 0 bridgehead atoms. The van der Waals surface area contributed by atoms with Crippen molar-refractivity contribution in [1.82, 2.24) is 9.80 Å². The molecule has 21 heavy (non-hydrogen) atoms. The summed E-state index contributed by atoms with van der Waals surface area (Å²) in [6, 6.07) is 5.48. The van der Waals surface area contributed by atoms with E-state index >= 15 is 0 Å². The van der Waals surface area contributed by atoms with Crippen LogP contribution in [0.3, 0.4) is 0 Å². The van der Waals surface area contributed by atoms with Crippen molar-refractivity contribution in [2.24, 2.45) is 0 Å². The van der Waals surface area contributed by atoms with Crippen LogP contribution < -0.4 is 5.32 Å². The summed E-state index contributed by atoms with van der Waals surface area (Å²) in [4.78, 5) is 37.4. The largest absolute Gasteiger partial charge is 0.342 e. The fourth-order valence-corrected chi connectivity index (χ4v) is 2.10. The number of nitrogens with zero attached hydrogens (tertiary/aromatic N) is 2. The van der Waals surface area contributed by atoms with Gasteiger partial charge in [0, 0.05) is 31.9 Å². The average Bonchev–Trinajstić information content (AvgIpc) is 2.47. The lowest BCUT2D eigenvalue weighted by Crippen LogP contribution is -2.48. The summed E-state index contributed by atoms with van der Waals surface area (Å²) in [6.45, 7) is 1.79. The molecule has 0 aromatic heterocycles. The van der Waals surface area contributed by atoms with E-state index in [2.05, 4.69) is 5.32 Å². The molecule has 1 saturated heterocycles. The van der Waals surface area contributed by atoms with E-state index in [0.29, 0.717) is 31.9 Å². The molecular formula is C14H16FN3O3. The molecule has 6 nitrogen and oxygen atoms in total. The molecule has 1 aliphatic heterocycles. The van der Waals surface area contributed by atoms with E-state index < -0.39 is 11.7 Å². The summed E-state index contributed by atoms with van der Waals surface area (Å²) in [5.74, 6) is -1.23. The Balaban J connectivity index is 1.82. The van der Waals surface area contributed by atoms with Crippen molar-refractivity contribution in [1.29, 1.82) is 0 Å². The Labute approximate surface area is 121 Å². The molecule has 0 saturated carbocycles. The normalized spacial score (nSPS) is 14.7. The van der Waals surface area contributed by atoms with Gasteiger partial charge in [0.05, 0.1) is 0 Å². The predicted octanol–water partition coefficient (Wildman–Crippen LogP) is 0.455. The zero-order chi connectivity index (χ0) is 15.2. The first-order valence-corrected chi connectivity index (χ1v) is 6.61. The molecule has 0 radical (unpaired) electrons. The first kappa shape index (κ1) is 15.0. The van der Waals surface area contributed by atoms with Crippen LogP contribution in [0.4, 0.5) is 10.1 Å². The van der Waals surface area contributed by atoms with Crippen LogP contribution in [0.15, 0.2) is 24.3 Å². The number of hydrogen-bond donors (Lipinski definition) is 1. The zero-order valence-electron chi connectivity index (χ0n) is 11.4. The molecule has 1 aromatic carbocycles. The first-order chi connectivity index (χ1) is 10.1. The lowest BCUT2D eigenvalue weighted by atomic mass is 10.2. The van der Waals surface area contributed by atoms with Gasteiger partial charge in [-0.2, -0.15) is 0 Å². The second kappa shape index (κ2) is 6.83. The van der Waals surface area contributed by atoms with Gasteiger partial charge in [-0.3, -0.25) is 14.4 Å². The number of carbonyl (C=O) groups excluding carboxylic acids is 3. The molecule has 7 heteroatoms. The molecule has 1 N–H and O–H groups in total. The number of halogens is 1. The van der Waals surface area contributed by atoms with Crippen LogP contribution in [-0.2, 0) is 14.4 Å². The Morgan fingerprint density at radius 3 is 2.57 bits per heavy atom. The highest BCUT2D eigenvalue weighted by molar-refractivity contribution is 6.03. The van der Waals surface area contributed by atoms with Gasteiger partial charge in [-0.25, -0.2) is 4.39 Å². The maximum atomic E-state index is 13.0. The third-order valence-corrected chi connectivity index (χ3v) is 3.24. The minimum atomic E-state index is -0.483.